The molecule has 2 aromatic carbocycles. The van der Waals surface area contributed by atoms with E-state index in [0.29, 0.717) is 5.69 Å². The number of nitrogens with two attached hydrogens (primary N) is 1. The molecule has 2 aliphatic heterocycles. The summed E-state index contributed by atoms with van der Waals surface area (Å²) in [6.45, 7) is 1.87. The van der Waals surface area contributed by atoms with E-state index in [1.165, 1.54) is 12.1 Å². The van der Waals surface area contributed by atoms with E-state index in [1.807, 2.05) is 35.2 Å². The van der Waals surface area contributed by atoms with Crippen molar-refractivity contribution in [1.29, 1.82) is 0 Å². The topological polar surface area (TPSA) is 69.2 Å². The van der Waals surface area contributed by atoms with E-state index in [2.05, 4.69) is 20.2 Å². The van der Waals surface area contributed by atoms with Crippen LogP contribution >= 0.6 is 0 Å². The average Bonchev–Trinajstić information content (AvgIpc) is 3.16. The van der Waals surface area contributed by atoms with Crippen molar-refractivity contribution >= 4 is 23.3 Å². The van der Waals surface area contributed by atoms with Gasteiger partial charge in [-0.25, -0.2) is 9.38 Å². The Morgan fingerprint density at radius 3 is 2.54 bits per heavy atom. The third-order valence-electron chi connectivity index (χ3n) is 4.47. The number of nitrogens with one attached hydrogen (secondary N) is 1. The van der Waals surface area contributed by atoms with Gasteiger partial charge in [0.2, 0.25) is 18.2 Å². The van der Waals surface area contributed by atoms with E-state index < -0.39 is 6.29 Å². The minimum Gasteiger partial charge on any atom is -0.368 e. The summed E-state index contributed by atoms with van der Waals surface area (Å²) in [7, 11) is 0. The predicted octanol–water partition coefficient (Wildman–Crippen LogP) is 2.81. The number of likely N-dealkylation sites (tertiary alicyclic amines) is 1. The maximum Gasteiger partial charge on any atom is 0.222 e. The van der Waals surface area contributed by atoms with Crippen LogP contribution < -0.4 is 16.0 Å². The fourth-order valence-corrected chi connectivity index (χ4v) is 3.29. The molecular formula is C19H21FN6. The molecule has 0 saturated carbocycles. The Morgan fingerprint density at radius 2 is 1.81 bits per heavy atom. The Hall–Kier alpha value is -3.09. The summed E-state index contributed by atoms with van der Waals surface area (Å²) in [5, 5.41) is 3.27. The van der Waals surface area contributed by atoms with Gasteiger partial charge in [0.15, 0.2) is 0 Å². The average molecular weight is 352 g/mol. The second-order valence-electron chi connectivity index (χ2n) is 6.33. The third-order valence-corrected chi connectivity index (χ3v) is 4.47. The minimum absolute atomic E-state index is 0.216. The predicted molar refractivity (Wildman–Crippen MR) is 103 cm³/mol. The molecule has 7 heteroatoms. The van der Waals surface area contributed by atoms with Crippen LogP contribution in [-0.4, -0.2) is 36.2 Å². The second-order valence-corrected chi connectivity index (χ2v) is 6.33. The number of hydrogen-bond donors (Lipinski definition) is 2. The number of rotatable bonds is 3. The first-order valence-corrected chi connectivity index (χ1v) is 8.74. The molecule has 26 heavy (non-hydrogen) atoms. The zero-order chi connectivity index (χ0) is 17.9. The summed E-state index contributed by atoms with van der Waals surface area (Å²) in [5.74, 6) is 0.686. The number of hydrogen-bond acceptors (Lipinski definition) is 6. The number of para-hydroxylation sites is 1. The molecule has 1 fully saturated rings. The molecule has 0 radical (unpaired) electrons. The molecule has 3 N–H and O–H groups in total. The number of anilines is 2. The number of halogens is 1. The first kappa shape index (κ1) is 16.4. The molecular weight excluding hydrogens is 331 g/mol. The standard InChI is InChI=1S/C19H21FN6/c20-14-7-6-8-15(13-14)22-18-23-17(21)24-19(25-11-4-5-12-25)26(18)16-9-2-1-3-10-16/h1-3,6-10,13,18,22H,4-5,11-12H2,(H2,21,23). The number of nitrogens with zero attached hydrogens (tertiary/aromatic N) is 4. The molecule has 2 heterocycles. The Balaban J connectivity index is 1.71. The van der Waals surface area contributed by atoms with Crippen LogP contribution in [0, 0.1) is 5.82 Å². The molecule has 2 aliphatic rings. The van der Waals surface area contributed by atoms with Gasteiger partial charge in [0.1, 0.15) is 5.82 Å². The van der Waals surface area contributed by atoms with Crippen LogP contribution in [0.3, 0.4) is 0 Å². The summed E-state index contributed by atoms with van der Waals surface area (Å²) < 4.78 is 13.6. The van der Waals surface area contributed by atoms with E-state index >= 15 is 0 Å². The maximum absolute atomic E-state index is 13.6. The molecule has 0 aliphatic carbocycles. The molecule has 1 atom stereocenters. The van der Waals surface area contributed by atoms with E-state index in [0.717, 1.165) is 37.6 Å². The summed E-state index contributed by atoms with van der Waals surface area (Å²) in [6.07, 6.45) is 1.74. The summed E-state index contributed by atoms with van der Waals surface area (Å²) in [5.41, 5.74) is 7.58. The van der Waals surface area contributed by atoms with Crippen molar-refractivity contribution in [3.8, 4) is 0 Å². The van der Waals surface area contributed by atoms with E-state index in [4.69, 9.17) is 5.73 Å². The lowest BCUT2D eigenvalue weighted by Crippen LogP contribution is -2.54. The fraction of sp³-hybridized carbons (Fsp3) is 0.263. The van der Waals surface area contributed by atoms with Crippen molar-refractivity contribution in [1.82, 2.24) is 4.90 Å². The number of aliphatic imine (C=N–C) groups is 2. The van der Waals surface area contributed by atoms with Gasteiger partial charge in [-0.3, -0.25) is 4.90 Å². The molecule has 0 spiro atoms. The number of guanidine groups is 2. The first-order chi connectivity index (χ1) is 12.7. The van der Waals surface area contributed by atoms with Gasteiger partial charge in [-0.05, 0) is 43.2 Å². The van der Waals surface area contributed by atoms with Gasteiger partial charge in [0.25, 0.3) is 0 Å². The number of benzene rings is 2. The van der Waals surface area contributed by atoms with Crippen LogP contribution in [0.2, 0.25) is 0 Å². The Labute approximate surface area is 151 Å². The zero-order valence-electron chi connectivity index (χ0n) is 14.3. The van der Waals surface area contributed by atoms with Crippen molar-refractivity contribution < 1.29 is 4.39 Å². The Kier molecular flexibility index (Phi) is 4.43. The van der Waals surface area contributed by atoms with Gasteiger partial charge in [-0.15, -0.1) is 0 Å². The van der Waals surface area contributed by atoms with Crippen molar-refractivity contribution in [3.63, 3.8) is 0 Å². The highest BCUT2D eigenvalue weighted by molar-refractivity contribution is 6.06. The van der Waals surface area contributed by atoms with Gasteiger partial charge in [0.05, 0.1) is 0 Å². The normalized spacial score (nSPS) is 20.0. The largest absolute Gasteiger partial charge is 0.368 e. The van der Waals surface area contributed by atoms with Crippen LogP contribution in [0.5, 0.6) is 0 Å². The summed E-state index contributed by atoms with van der Waals surface area (Å²) >= 11 is 0. The highest BCUT2D eigenvalue weighted by Crippen LogP contribution is 2.25. The molecule has 1 saturated heterocycles. The molecule has 6 nitrogen and oxygen atoms in total. The quantitative estimate of drug-likeness (QED) is 0.891. The molecule has 134 valence electrons. The Morgan fingerprint density at radius 1 is 1.04 bits per heavy atom. The van der Waals surface area contributed by atoms with Crippen molar-refractivity contribution in [2.45, 2.75) is 19.1 Å². The SMILES string of the molecule is NC1=NC(Nc2cccc(F)c2)N(c2ccccc2)C(N2CCCC2)=N1. The van der Waals surface area contributed by atoms with Crippen LogP contribution in [0.1, 0.15) is 12.8 Å². The third kappa shape index (κ3) is 3.33. The fourth-order valence-electron chi connectivity index (χ4n) is 3.29. The zero-order valence-corrected chi connectivity index (χ0v) is 14.3. The van der Waals surface area contributed by atoms with E-state index in [-0.39, 0.29) is 11.8 Å². The van der Waals surface area contributed by atoms with Gasteiger partial charge < -0.3 is 16.0 Å². The second kappa shape index (κ2) is 7.03. The molecule has 0 bridgehead atoms. The maximum atomic E-state index is 13.6. The van der Waals surface area contributed by atoms with E-state index in [9.17, 15) is 4.39 Å². The molecule has 2 aromatic rings. The highest BCUT2D eigenvalue weighted by atomic mass is 19.1. The van der Waals surface area contributed by atoms with Crippen molar-refractivity contribution in [3.05, 3.63) is 60.4 Å². The smallest absolute Gasteiger partial charge is 0.222 e. The van der Waals surface area contributed by atoms with Crippen LogP contribution in [0.4, 0.5) is 15.8 Å². The van der Waals surface area contributed by atoms with Crippen LogP contribution in [0.15, 0.2) is 64.6 Å². The van der Waals surface area contributed by atoms with Gasteiger partial charge >= 0.3 is 0 Å². The van der Waals surface area contributed by atoms with Crippen LogP contribution in [-0.2, 0) is 0 Å². The molecule has 1 unspecified atom stereocenters. The molecule has 0 amide bonds. The van der Waals surface area contributed by atoms with Crippen molar-refractivity contribution in [2.75, 3.05) is 23.3 Å². The minimum atomic E-state index is -0.507. The van der Waals surface area contributed by atoms with E-state index in [1.54, 1.807) is 12.1 Å². The molecule has 4 rings (SSSR count). The molecule has 0 aromatic heterocycles. The highest BCUT2D eigenvalue weighted by Gasteiger charge is 2.32. The first-order valence-electron chi connectivity index (χ1n) is 8.74. The van der Waals surface area contributed by atoms with Gasteiger partial charge in [0, 0.05) is 24.5 Å². The lowest BCUT2D eigenvalue weighted by Gasteiger charge is -2.38. The van der Waals surface area contributed by atoms with Crippen LogP contribution in [0.25, 0.3) is 0 Å². The summed E-state index contributed by atoms with van der Waals surface area (Å²) in [4.78, 5) is 13.2. The Bertz CT molecular complexity index is 829. The van der Waals surface area contributed by atoms with Gasteiger partial charge in [-0.1, -0.05) is 24.3 Å². The monoisotopic (exact) mass is 352 g/mol. The lowest BCUT2D eigenvalue weighted by atomic mass is 10.2. The lowest BCUT2D eigenvalue weighted by molar-refractivity contribution is 0.497. The summed E-state index contributed by atoms with van der Waals surface area (Å²) in [6, 6.07) is 16.2. The van der Waals surface area contributed by atoms with Gasteiger partial charge in [-0.2, -0.15) is 4.99 Å². The van der Waals surface area contributed by atoms with Crippen molar-refractivity contribution in [2.24, 2.45) is 15.7 Å².